The van der Waals surface area contributed by atoms with Gasteiger partial charge in [-0.3, -0.25) is 24.2 Å². The molecular weight excluding hydrogens is 1150 g/mol. The zero-order valence-electron chi connectivity index (χ0n) is 39.9. The van der Waals surface area contributed by atoms with E-state index in [1.54, 1.807) is 97.1 Å². The lowest BCUT2D eigenvalue weighted by molar-refractivity contribution is -0.142. The van der Waals surface area contributed by atoms with Crippen LogP contribution < -0.4 is 20.3 Å². The predicted octanol–water partition coefficient (Wildman–Crippen LogP) is 9.23. The van der Waals surface area contributed by atoms with E-state index in [0.717, 1.165) is 55.4 Å². The number of nitriles is 2. The second-order valence-corrected chi connectivity index (χ2v) is 18.6. The molecule has 394 valence electrons. The van der Waals surface area contributed by atoms with Crippen molar-refractivity contribution < 1.29 is 64.3 Å². The molecule has 3 aliphatic heterocycles. The maximum absolute atomic E-state index is 13.9. The Bertz CT molecular complexity index is 3580. The van der Waals surface area contributed by atoms with Crippen molar-refractivity contribution in [3.8, 4) is 29.0 Å². The van der Waals surface area contributed by atoms with Crippen molar-refractivity contribution >= 4 is 82.3 Å². The summed E-state index contributed by atoms with van der Waals surface area (Å²) >= 11 is 2.12. The summed E-state index contributed by atoms with van der Waals surface area (Å²) < 4.78 is 112. The Balaban J connectivity index is 0.000000175. The number of piperidine rings is 1. The highest BCUT2D eigenvalue weighted by molar-refractivity contribution is 14.1. The predicted molar refractivity (Wildman–Crippen MR) is 278 cm³/mol. The first-order chi connectivity index (χ1) is 37.2. The highest BCUT2D eigenvalue weighted by atomic mass is 127. The Morgan fingerprint density at radius 2 is 1.23 bits per heavy atom. The number of carbonyl (C=O) groups excluding carboxylic acids is 4. The minimum absolute atomic E-state index is 0.0161. The molecule has 1 aromatic heterocycles. The van der Waals surface area contributed by atoms with Crippen LogP contribution in [-0.2, 0) is 17.4 Å². The summed E-state index contributed by atoms with van der Waals surface area (Å²) in [5.74, 6) is -4.03. The number of rotatable bonds is 8. The molecule has 0 radical (unpaired) electrons. The van der Waals surface area contributed by atoms with E-state index in [1.165, 1.54) is 28.0 Å². The highest BCUT2D eigenvalue weighted by Gasteiger charge is 2.55. The van der Waals surface area contributed by atoms with Crippen molar-refractivity contribution in [3.05, 3.63) is 188 Å². The first-order valence-corrected chi connectivity index (χ1v) is 24.2. The Kier molecular flexibility index (Phi) is 16.4. The Morgan fingerprint density at radius 1 is 0.679 bits per heavy atom. The molecule has 14 nitrogen and oxygen atoms in total. The van der Waals surface area contributed by atoms with E-state index in [2.05, 4.69) is 32.8 Å². The number of nitrogens with zero attached hydrogens (tertiary/aromatic N) is 8. The van der Waals surface area contributed by atoms with Crippen LogP contribution in [0, 0.1) is 43.8 Å². The number of alkyl halides is 6. The van der Waals surface area contributed by atoms with Gasteiger partial charge in [0.2, 0.25) is 0 Å². The zero-order valence-corrected chi connectivity index (χ0v) is 42.1. The van der Waals surface area contributed by atoms with Crippen LogP contribution in [0.4, 0.5) is 52.2 Å². The van der Waals surface area contributed by atoms with E-state index in [9.17, 15) is 54.3 Å². The number of amides is 2. The zero-order chi connectivity index (χ0) is 56.2. The van der Waals surface area contributed by atoms with E-state index in [1.807, 2.05) is 0 Å². The molecular formula is C54H36BF8IN8O6. The molecule has 2 amide bonds. The molecule has 24 heteroatoms. The molecule has 1 fully saturated rings. The normalized spacial score (nSPS) is 15.8. The van der Waals surface area contributed by atoms with Gasteiger partial charge in [0.1, 0.15) is 47.5 Å². The van der Waals surface area contributed by atoms with E-state index in [-0.39, 0.29) is 65.2 Å². The quantitative estimate of drug-likeness (QED) is 0.0641. The molecule has 6 aromatic carbocycles. The molecule has 0 spiro atoms. The monoisotopic (exact) mass is 1180 g/mol. The number of anilines is 3. The van der Waals surface area contributed by atoms with Crippen LogP contribution >= 0.6 is 22.6 Å². The van der Waals surface area contributed by atoms with Gasteiger partial charge < -0.3 is 19.8 Å². The molecule has 2 unspecified atom stereocenters. The molecule has 10 rings (SSSR count). The van der Waals surface area contributed by atoms with E-state index < -0.39 is 66.3 Å². The fourth-order valence-corrected chi connectivity index (χ4v) is 9.43. The Labute approximate surface area is 451 Å². The summed E-state index contributed by atoms with van der Waals surface area (Å²) in [6.45, 7) is 0.105. The highest BCUT2D eigenvalue weighted by Crippen LogP contribution is 2.42. The number of hydrogen-bond donors (Lipinski definition) is 2. The fraction of sp³-hybridized carbons (Fsp3) is 0.148. The summed E-state index contributed by atoms with van der Waals surface area (Å²) in [4.78, 5) is 51.3. The van der Waals surface area contributed by atoms with Crippen LogP contribution in [0.25, 0.3) is 16.8 Å². The topological polar surface area (TPSA) is 196 Å². The van der Waals surface area contributed by atoms with E-state index in [0.29, 0.717) is 34.4 Å². The van der Waals surface area contributed by atoms with Gasteiger partial charge in [-0.15, -0.1) is 0 Å². The second-order valence-electron chi connectivity index (χ2n) is 17.4. The van der Waals surface area contributed by atoms with Gasteiger partial charge in [0, 0.05) is 50.6 Å². The van der Waals surface area contributed by atoms with Crippen LogP contribution in [0.3, 0.4) is 0 Å². The third-order valence-corrected chi connectivity index (χ3v) is 13.5. The largest absolute Gasteiger partial charge is 0.489 e. The van der Waals surface area contributed by atoms with Gasteiger partial charge in [0.15, 0.2) is 12.0 Å². The van der Waals surface area contributed by atoms with E-state index >= 15 is 0 Å². The third-order valence-electron chi connectivity index (χ3n) is 12.7. The van der Waals surface area contributed by atoms with Gasteiger partial charge in [-0.05, 0) is 125 Å². The maximum Gasteiger partial charge on any atom is 0.489 e. The van der Waals surface area contributed by atoms with E-state index in [4.69, 9.17) is 20.6 Å². The lowest BCUT2D eigenvalue weighted by Crippen LogP contribution is -2.55. The molecule has 0 aliphatic carbocycles. The molecule has 2 atom stereocenters. The minimum atomic E-state index is -4.82. The number of aldehydes is 2. The van der Waals surface area contributed by atoms with Crippen molar-refractivity contribution in [2.45, 2.75) is 31.2 Å². The van der Waals surface area contributed by atoms with Gasteiger partial charge in [-0.25, -0.2) is 13.5 Å². The van der Waals surface area contributed by atoms with Crippen molar-refractivity contribution in [2.75, 3.05) is 27.9 Å². The molecule has 4 heterocycles. The molecule has 0 bridgehead atoms. The number of hydrazone groups is 1. The van der Waals surface area contributed by atoms with Gasteiger partial charge in [0.25, 0.3) is 11.8 Å². The average Bonchev–Trinajstić information content (AvgIpc) is 4.04. The number of halogens is 9. The Morgan fingerprint density at radius 3 is 1.81 bits per heavy atom. The van der Waals surface area contributed by atoms with Crippen LogP contribution in [0.2, 0.25) is 0 Å². The number of carbonyl (C=O) groups is 4. The van der Waals surface area contributed by atoms with Crippen molar-refractivity contribution in [2.24, 2.45) is 11.0 Å². The Hall–Kier alpha value is -8.59. The van der Waals surface area contributed by atoms with Crippen LogP contribution in [0.5, 0.6) is 0 Å². The summed E-state index contributed by atoms with van der Waals surface area (Å²) in [6.07, 6.45) is -8.23. The summed E-state index contributed by atoms with van der Waals surface area (Å²) in [5.41, 5.74) is 0.00313. The third kappa shape index (κ3) is 11.4. The SMILES string of the molecule is N#Cc1cc(-n2nc(C(F)(F)F)c3c2C(=O)N(c2ccc(-c4ccccc4C=O)cc2)CC3)ccc1F.N#Cc1cc(N2N=C(C(F)(F)F)C3CCN(c4ccc(I)cc4)C(=O)C32)ccc1F.O=Cc1ccccc1B(O)O. The van der Waals surface area contributed by atoms with Crippen LogP contribution in [0.1, 0.15) is 60.0 Å². The summed E-state index contributed by atoms with van der Waals surface area (Å²) in [6, 6.07) is 35.7. The van der Waals surface area contributed by atoms with Crippen molar-refractivity contribution in [1.29, 1.82) is 10.5 Å². The fourth-order valence-electron chi connectivity index (χ4n) is 9.07. The summed E-state index contributed by atoms with van der Waals surface area (Å²) in [7, 11) is -1.57. The number of benzene rings is 6. The molecule has 7 aromatic rings. The van der Waals surface area contributed by atoms with Crippen molar-refractivity contribution in [3.63, 3.8) is 0 Å². The molecule has 0 saturated carbocycles. The van der Waals surface area contributed by atoms with Gasteiger partial charge >= 0.3 is 19.5 Å². The van der Waals surface area contributed by atoms with Crippen LogP contribution in [0.15, 0.2) is 139 Å². The lowest BCUT2D eigenvalue weighted by atomic mass is 9.77. The lowest BCUT2D eigenvalue weighted by Gasteiger charge is -2.37. The molecule has 3 aliphatic rings. The van der Waals surface area contributed by atoms with Gasteiger partial charge in [-0.2, -0.15) is 47.1 Å². The average molecular weight is 1180 g/mol. The molecule has 1 saturated heterocycles. The summed E-state index contributed by atoms with van der Waals surface area (Å²) in [5, 5.41) is 44.0. The molecule has 2 N–H and O–H groups in total. The van der Waals surface area contributed by atoms with Crippen molar-refractivity contribution in [1.82, 2.24) is 9.78 Å². The number of fused-ring (bicyclic) bond motifs is 2. The maximum atomic E-state index is 13.9. The second kappa shape index (κ2) is 22.9. The smallest absolute Gasteiger partial charge is 0.423 e. The standard InChI is InChI=1S/C27H16F4N4O2.C20H13F4IN4O.C7H7BO3/c28-23-10-9-20(13-18(23)14-32)35-24-22(25(33-35)27(29,30)31)11-12-34(26(24)37)19-7-5-16(6-8-19)21-4-2-1-3-17(21)15-36;21-16-6-5-14(9-11(16)10-26)29-17-15(18(27-29)20(22,23)24)7-8-28(19(17)30)13-3-1-12(25)2-4-13;9-5-6-3-1-2-4-7(6)8(10)11/h1-10,13,15H,11-12H2;1-6,9,15,17H,7-8H2;1-5,10-11H. The van der Waals surface area contributed by atoms with Gasteiger partial charge in [0.05, 0.1) is 22.5 Å². The van der Waals surface area contributed by atoms with Crippen LogP contribution in [-0.4, -0.2) is 82.4 Å². The van der Waals surface area contributed by atoms with Gasteiger partial charge in [-0.1, -0.05) is 60.7 Å². The minimum Gasteiger partial charge on any atom is -0.423 e. The number of aromatic nitrogens is 2. The molecule has 78 heavy (non-hydrogen) atoms. The first-order valence-electron chi connectivity index (χ1n) is 23.2. The number of hydrogen-bond acceptors (Lipinski definition) is 11. The first kappa shape index (κ1) is 55.6.